The Kier molecular flexibility index (Phi) is 7.01. The van der Waals surface area contributed by atoms with E-state index in [9.17, 15) is 0 Å². The minimum absolute atomic E-state index is 0.635. The van der Waals surface area contributed by atoms with Gasteiger partial charge in [0.1, 0.15) is 0 Å². The number of hydrogen-bond acceptors (Lipinski definition) is 8. The lowest BCUT2D eigenvalue weighted by Crippen LogP contribution is -2.36. The molecule has 4 N–H and O–H groups in total. The van der Waals surface area contributed by atoms with Crippen LogP contribution in [0.5, 0.6) is 0 Å². The van der Waals surface area contributed by atoms with Crippen molar-refractivity contribution in [3.05, 3.63) is 103 Å². The average Bonchev–Trinajstić information content (AvgIpc) is 2.92. The van der Waals surface area contributed by atoms with Gasteiger partial charge in [-0.3, -0.25) is 15.0 Å². The Morgan fingerprint density at radius 2 is 1.74 bits per heavy atom. The highest BCUT2D eigenvalue weighted by atomic mass is 32.2. The van der Waals surface area contributed by atoms with E-state index in [0.717, 1.165) is 62.9 Å². The summed E-state index contributed by atoms with van der Waals surface area (Å²) in [6.45, 7) is 4.21. The zero-order valence-corrected chi connectivity index (χ0v) is 22.4. The van der Waals surface area contributed by atoms with Crippen LogP contribution >= 0.6 is 11.9 Å². The predicted octanol–water partition coefficient (Wildman–Crippen LogP) is 7.34. The molecule has 2 aromatic heterocycles. The molecule has 6 rings (SSSR count). The molecule has 3 aromatic carbocycles. The average molecular weight is 532 g/mol. The van der Waals surface area contributed by atoms with Crippen LogP contribution in [0, 0.1) is 6.92 Å². The monoisotopic (exact) mass is 531 g/mol. The topological polar surface area (TPSA) is 91.5 Å². The standard InChI is InChI=1S/C31H29N7S/c1-21-17-24(11-13-33-21)37-39-26-8-9-28(32)31(19-26)35-20-22-3-5-23(6-4-22)36-30-12-14-34-29-10-7-25(18-27(29)30)38-15-2-16-38/h3-14,17-20H,2,15-16,32H2,1H3,(H,33,37)(H,34,36). The number of aromatic nitrogens is 2. The maximum absolute atomic E-state index is 6.21. The van der Waals surface area contributed by atoms with Crippen LogP contribution in [0.2, 0.25) is 0 Å². The molecule has 3 heterocycles. The molecular weight excluding hydrogens is 502 g/mol. The highest BCUT2D eigenvalue weighted by Crippen LogP contribution is 2.32. The lowest BCUT2D eigenvalue weighted by molar-refractivity contribution is 0.618. The Balaban J connectivity index is 1.14. The molecule has 1 aliphatic heterocycles. The second-order valence-corrected chi connectivity index (χ2v) is 10.4. The predicted molar refractivity (Wildman–Crippen MR) is 165 cm³/mol. The van der Waals surface area contributed by atoms with Crippen molar-refractivity contribution in [2.75, 3.05) is 33.8 Å². The lowest BCUT2D eigenvalue weighted by atomic mass is 10.1. The van der Waals surface area contributed by atoms with E-state index in [1.165, 1.54) is 24.1 Å². The first-order chi connectivity index (χ1) is 19.1. The molecule has 0 amide bonds. The minimum atomic E-state index is 0.635. The van der Waals surface area contributed by atoms with Gasteiger partial charge >= 0.3 is 0 Å². The summed E-state index contributed by atoms with van der Waals surface area (Å²) in [6.07, 6.45) is 6.73. The summed E-state index contributed by atoms with van der Waals surface area (Å²) in [7, 11) is 0. The van der Waals surface area contributed by atoms with Crippen molar-refractivity contribution in [2.45, 2.75) is 18.2 Å². The molecule has 0 radical (unpaired) electrons. The summed E-state index contributed by atoms with van der Waals surface area (Å²) in [5, 5.41) is 4.68. The van der Waals surface area contributed by atoms with Crippen LogP contribution < -0.4 is 20.7 Å². The molecule has 1 aliphatic rings. The lowest BCUT2D eigenvalue weighted by Gasteiger charge is -2.33. The van der Waals surface area contributed by atoms with Gasteiger partial charge in [0.2, 0.25) is 0 Å². The van der Waals surface area contributed by atoms with Crippen LogP contribution in [-0.4, -0.2) is 29.3 Å². The molecule has 7 nitrogen and oxygen atoms in total. The summed E-state index contributed by atoms with van der Waals surface area (Å²) in [5.41, 5.74) is 14.8. The number of nitrogen functional groups attached to an aromatic ring is 1. The smallest absolute Gasteiger partial charge is 0.0870 e. The van der Waals surface area contributed by atoms with Crippen molar-refractivity contribution < 1.29 is 0 Å². The summed E-state index contributed by atoms with van der Waals surface area (Å²) < 4.78 is 3.34. The van der Waals surface area contributed by atoms with Crippen LogP contribution in [0.1, 0.15) is 17.7 Å². The number of fused-ring (bicyclic) bond motifs is 1. The molecule has 0 aliphatic carbocycles. The Morgan fingerprint density at radius 1 is 0.897 bits per heavy atom. The van der Waals surface area contributed by atoms with Gasteiger partial charge in [-0.15, -0.1) is 0 Å². The summed E-state index contributed by atoms with van der Waals surface area (Å²) in [6, 6.07) is 26.5. The zero-order valence-electron chi connectivity index (χ0n) is 21.6. The molecule has 0 unspecified atom stereocenters. The fourth-order valence-electron chi connectivity index (χ4n) is 4.39. The molecule has 39 heavy (non-hydrogen) atoms. The van der Waals surface area contributed by atoms with E-state index in [-0.39, 0.29) is 0 Å². The second kappa shape index (κ2) is 11.0. The van der Waals surface area contributed by atoms with E-state index in [0.29, 0.717) is 5.69 Å². The highest BCUT2D eigenvalue weighted by molar-refractivity contribution is 8.00. The number of aliphatic imine (C=N–C) groups is 1. The number of benzene rings is 3. The van der Waals surface area contributed by atoms with Crippen molar-refractivity contribution in [3.8, 4) is 0 Å². The van der Waals surface area contributed by atoms with E-state index in [2.05, 4.69) is 60.2 Å². The fraction of sp³-hybridized carbons (Fsp3) is 0.129. The number of aryl methyl sites for hydroxylation is 1. The fourth-order valence-corrected chi connectivity index (χ4v) is 5.06. The van der Waals surface area contributed by atoms with Crippen LogP contribution in [0.15, 0.2) is 101 Å². The van der Waals surface area contributed by atoms with Crippen LogP contribution in [0.4, 0.5) is 34.1 Å². The van der Waals surface area contributed by atoms with Crippen LogP contribution in [-0.2, 0) is 0 Å². The third-order valence-electron chi connectivity index (χ3n) is 6.67. The largest absolute Gasteiger partial charge is 0.397 e. The van der Waals surface area contributed by atoms with Gasteiger partial charge in [0, 0.05) is 70.4 Å². The number of hydrogen-bond donors (Lipinski definition) is 3. The van der Waals surface area contributed by atoms with Gasteiger partial charge in [0.15, 0.2) is 0 Å². The summed E-state index contributed by atoms with van der Waals surface area (Å²) >= 11 is 1.51. The first kappa shape index (κ1) is 24.8. The summed E-state index contributed by atoms with van der Waals surface area (Å²) in [5.74, 6) is 0. The van der Waals surface area contributed by atoms with Crippen molar-refractivity contribution in [1.29, 1.82) is 0 Å². The van der Waals surface area contributed by atoms with E-state index in [4.69, 9.17) is 5.73 Å². The van der Waals surface area contributed by atoms with Crippen molar-refractivity contribution in [1.82, 2.24) is 9.97 Å². The molecule has 8 heteroatoms. The number of anilines is 5. The van der Waals surface area contributed by atoms with Gasteiger partial charge in [-0.25, -0.2) is 0 Å². The quantitative estimate of drug-likeness (QED) is 0.110. The van der Waals surface area contributed by atoms with Crippen molar-refractivity contribution >= 4 is 63.2 Å². The Hall–Kier alpha value is -4.56. The zero-order chi connectivity index (χ0) is 26.6. The van der Waals surface area contributed by atoms with E-state index in [1.807, 2.05) is 67.9 Å². The third-order valence-corrected chi connectivity index (χ3v) is 7.50. The van der Waals surface area contributed by atoms with Crippen molar-refractivity contribution in [2.24, 2.45) is 4.99 Å². The number of pyridine rings is 2. The molecular formula is C31H29N7S. The second-order valence-electron chi connectivity index (χ2n) is 9.52. The van der Waals surface area contributed by atoms with Crippen LogP contribution in [0.3, 0.4) is 0 Å². The van der Waals surface area contributed by atoms with Crippen molar-refractivity contribution in [3.63, 3.8) is 0 Å². The Morgan fingerprint density at radius 3 is 2.54 bits per heavy atom. The summed E-state index contributed by atoms with van der Waals surface area (Å²) in [4.78, 5) is 16.9. The molecule has 0 bridgehead atoms. The Bertz CT molecular complexity index is 1650. The molecule has 0 atom stereocenters. The van der Waals surface area contributed by atoms with Gasteiger partial charge in [0.25, 0.3) is 0 Å². The van der Waals surface area contributed by atoms with Gasteiger partial charge < -0.3 is 20.7 Å². The first-order valence-electron chi connectivity index (χ1n) is 12.9. The maximum Gasteiger partial charge on any atom is 0.0870 e. The number of rotatable bonds is 8. The Labute approximate surface area is 232 Å². The van der Waals surface area contributed by atoms with E-state index < -0.39 is 0 Å². The normalized spacial score (nSPS) is 13.0. The van der Waals surface area contributed by atoms with Gasteiger partial charge in [-0.05, 0) is 97.6 Å². The molecule has 1 fully saturated rings. The number of nitrogens with one attached hydrogen (secondary N) is 2. The molecule has 0 saturated carbocycles. The first-order valence-corrected chi connectivity index (χ1v) is 13.7. The third kappa shape index (κ3) is 5.81. The number of nitrogens with zero attached hydrogens (tertiary/aromatic N) is 4. The van der Waals surface area contributed by atoms with Gasteiger partial charge in [0.05, 0.1) is 16.9 Å². The van der Waals surface area contributed by atoms with Gasteiger partial charge in [-0.1, -0.05) is 12.1 Å². The maximum atomic E-state index is 6.21. The van der Waals surface area contributed by atoms with Gasteiger partial charge in [-0.2, -0.15) is 0 Å². The molecule has 194 valence electrons. The van der Waals surface area contributed by atoms with E-state index >= 15 is 0 Å². The SMILES string of the molecule is Cc1cc(NSc2ccc(N)c(N=Cc3ccc(Nc4ccnc5ccc(N6CCC6)cc45)cc3)c2)ccn1. The van der Waals surface area contributed by atoms with Crippen LogP contribution in [0.25, 0.3) is 10.9 Å². The van der Waals surface area contributed by atoms with E-state index in [1.54, 1.807) is 6.20 Å². The molecule has 1 saturated heterocycles. The number of nitrogens with two attached hydrogens (primary N) is 1. The minimum Gasteiger partial charge on any atom is -0.397 e. The highest BCUT2D eigenvalue weighted by Gasteiger charge is 2.15. The molecule has 0 spiro atoms. The molecule has 5 aromatic rings.